The van der Waals surface area contributed by atoms with Gasteiger partial charge >= 0.3 is 12.0 Å². The summed E-state index contributed by atoms with van der Waals surface area (Å²) in [5, 5.41) is 5.02. The zero-order valence-electron chi connectivity index (χ0n) is 18.0. The topological polar surface area (TPSA) is 105 Å². The lowest BCUT2D eigenvalue weighted by molar-refractivity contribution is -0.158. The molecule has 1 aromatic carbocycles. The highest BCUT2D eigenvalue weighted by Gasteiger charge is 2.36. The molecule has 168 valence electrons. The van der Waals surface area contributed by atoms with Crippen LogP contribution in [0.2, 0.25) is 0 Å². The second-order valence-corrected chi connectivity index (χ2v) is 8.35. The van der Waals surface area contributed by atoms with E-state index < -0.39 is 29.9 Å². The molecular weight excluding hydrogens is 398 g/mol. The minimum absolute atomic E-state index is 0.0735. The van der Waals surface area contributed by atoms with Gasteiger partial charge in [0.15, 0.2) is 6.10 Å². The second kappa shape index (κ2) is 10.9. The Bertz CT molecular complexity index is 792. The Labute approximate surface area is 182 Å². The average Bonchev–Trinajstić information content (AvgIpc) is 3.14. The first-order valence-corrected chi connectivity index (χ1v) is 11.1. The van der Waals surface area contributed by atoms with Crippen LogP contribution in [0.5, 0.6) is 0 Å². The van der Waals surface area contributed by atoms with Gasteiger partial charge in [0.2, 0.25) is 5.91 Å². The van der Waals surface area contributed by atoms with Gasteiger partial charge in [-0.15, -0.1) is 0 Å². The highest BCUT2D eigenvalue weighted by molar-refractivity contribution is 5.97. The van der Waals surface area contributed by atoms with Gasteiger partial charge in [-0.25, -0.2) is 4.79 Å². The van der Waals surface area contributed by atoms with Crippen molar-refractivity contribution in [1.82, 2.24) is 15.5 Å². The smallest absolute Gasteiger partial charge is 0.321 e. The predicted molar refractivity (Wildman–Crippen MR) is 114 cm³/mol. The van der Waals surface area contributed by atoms with E-state index in [0.717, 1.165) is 31.2 Å². The fraction of sp³-hybridized carbons (Fsp3) is 0.565. The van der Waals surface area contributed by atoms with E-state index in [4.69, 9.17) is 4.74 Å². The molecule has 2 aliphatic rings. The molecule has 8 nitrogen and oxygen atoms in total. The average molecular weight is 430 g/mol. The number of rotatable bonds is 7. The third-order valence-corrected chi connectivity index (χ3v) is 5.90. The lowest BCUT2D eigenvalue weighted by Gasteiger charge is -2.23. The molecule has 0 spiro atoms. The summed E-state index contributed by atoms with van der Waals surface area (Å²) < 4.78 is 5.24. The van der Waals surface area contributed by atoms with E-state index in [1.165, 1.54) is 13.3 Å². The molecule has 0 aromatic heterocycles. The molecule has 2 fully saturated rings. The van der Waals surface area contributed by atoms with Crippen LogP contribution < -0.4 is 10.6 Å². The SMILES string of the molecule is C[C@@H](OC(=O)[C@@H]1CC(=O)N(CCc2ccccc2)C1)C(=O)NC(=O)NC1CCCCC1. The van der Waals surface area contributed by atoms with Crippen molar-refractivity contribution in [1.29, 1.82) is 0 Å². The van der Waals surface area contributed by atoms with Gasteiger partial charge < -0.3 is 15.0 Å². The Kier molecular flexibility index (Phi) is 8.03. The van der Waals surface area contributed by atoms with E-state index in [0.29, 0.717) is 13.0 Å². The summed E-state index contributed by atoms with van der Waals surface area (Å²) >= 11 is 0. The monoisotopic (exact) mass is 429 g/mol. The van der Waals surface area contributed by atoms with E-state index in [1.807, 2.05) is 30.3 Å². The number of carbonyl (C=O) groups excluding carboxylic acids is 4. The van der Waals surface area contributed by atoms with E-state index in [1.54, 1.807) is 4.90 Å². The van der Waals surface area contributed by atoms with Crippen LogP contribution in [0.15, 0.2) is 30.3 Å². The van der Waals surface area contributed by atoms with Crippen LogP contribution in [0.1, 0.15) is 51.0 Å². The molecule has 2 N–H and O–H groups in total. The van der Waals surface area contributed by atoms with Crippen LogP contribution in [0.3, 0.4) is 0 Å². The van der Waals surface area contributed by atoms with E-state index >= 15 is 0 Å². The molecule has 4 amide bonds. The normalized spacial score (nSPS) is 20.2. The largest absolute Gasteiger partial charge is 0.452 e. The van der Waals surface area contributed by atoms with Crippen LogP contribution in [0, 0.1) is 5.92 Å². The number of ether oxygens (including phenoxy) is 1. The zero-order chi connectivity index (χ0) is 22.2. The van der Waals surface area contributed by atoms with Gasteiger partial charge in [0.05, 0.1) is 5.92 Å². The minimum Gasteiger partial charge on any atom is -0.452 e. The second-order valence-electron chi connectivity index (χ2n) is 8.35. The lowest BCUT2D eigenvalue weighted by Crippen LogP contribution is -2.48. The van der Waals surface area contributed by atoms with Crippen molar-refractivity contribution in [2.45, 2.75) is 64.0 Å². The van der Waals surface area contributed by atoms with Crippen molar-refractivity contribution in [3.63, 3.8) is 0 Å². The number of imide groups is 1. The number of nitrogens with one attached hydrogen (secondary N) is 2. The first-order chi connectivity index (χ1) is 14.9. The molecule has 0 unspecified atom stereocenters. The molecule has 1 saturated carbocycles. The molecular formula is C23H31N3O5. The van der Waals surface area contributed by atoms with Crippen LogP contribution in [-0.4, -0.2) is 54.0 Å². The highest BCUT2D eigenvalue weighted by Crippen LogP contribution is 2.20. The number of benzene rings is 1. The van der Waals surface area contributed by atoms with E-state index in [2.05, 4.69) is 10.6 Å². The number of urea groups is 1. The Hall–Kier alpha value is -2.90. The fourth-order valence-electron chi connectivity index (χ4n) is 4.06. The van der Waals surface area contributed by atoms with Crippen molar-refractivity contribution in [2.75, 3.05) is 13.1 Å². The number of carbonyl (C=O) groups is 4. The molecule has 2 atom stereocenters. The van der Waals surface area contributed by atoms with Crippen molar-refractivity contribution in [2.24, 2.45) is 5.92 Å². The zero-order valence-corrected chi connectivity index (χ0v) is 18.0. The third kappa shape index (κ3) is 6.80. The summed E-state index contributed by atoms with van der Waals surface area (Å²) in [6.45, 7) is 2.23. The van der Waals surface area contributed by atoms with Gasteiger partial charge in [0, 0.05) is 25.6 Å². The number of esters is 1. The Morgan fingerprint density at radius 1 is 1.13 bits per heavy atom. The van der Waals surface area contributed by atoms with Gasteiger partial charge in [0.25, 0.3) is 5.91 Å². The summed E-state index contributed by atoms with van der Waals surface area (Å²) in [4.78, 5) is 50.6. The van der Waals surface area contributed by atoms with Gasteiger partial charge in [-0.2, -0.15) is 0 Å². The number of nitrogens with zero attached hydrogens (tertiary/aromatic N) is 1. The van der Waals surface area contributed by atoms with Crippen molar-refractivity contribution >= 4 is 23.8 Å². The van der Waals surface area contributed by atoms with Crippen LogP contribution in [0.25, 0.3) is 0 Å². The number of hydrogen-bond acceptors (Lipinski definition) is 5. The van der Waals surface area contributed by atoms with Crippen molar-refractivity contribution in [3.8, 4) is 0 Å². The molecule has 8 heteroatoms. The maximum Gasteiger partial charge on any atom is 0.321 e. The standard InChI is InChI=1S/C23H31N3O5/c1-16(21(28)25-23(30)24-19-10-6-3-7-11-19)31-22(29)18-14-20(27)26(15-18)13-12-17-8-4-2-5-9-17/h2,4-5,8-9,16,18-19H,3,6-7,10-15H2,1H3,(H2,24,25,28,30)/t16-,18-/m1/s1. The molecule has 1 aromatic rings. The Balaban J connectivity index is 1.40. The first-order valence-electron chi connectivity index (χ1n) is 11.1. The van der Waals surface area contributed by atoms with E-state index in [-0.39, 0.29) is 24.9 Å². The fourth-order valence-corrected chi connectivity index (χ4v) is 4.06. The lowest BCUT2D eigenvalue weighted by atomic mass is 9.96. The molecule has 1 aliphatic heterocycles. The molecule has 31 heavy (non-hydrogen) atoms. The predicted octanol–water partition coefficient (Wildman–Crippen LogP) is 2.17. The van der Waals surface area contributed by atoms with Crippen LogP contribution in [0.4, 0.5) is 4.79 Å². The van der Waals surface area contributed by atoms with Crippen LogP contribution >= 0.6 is 0 Å². The maximum absolute atomic E-state index is 12.4. The Morgan fingerprint density at radius 3 is 2.55 bits per heavy atom. The maximum atomic E-state index is 12.4. The van der Waals surface area contributed by atoms with Crippen molar-refractivity contribution in [3.05, 3.63) is 35.9 Å². The first kappa shape index (κ1) is 22.8. The number of likely N-dealkylation sites (tertiary alicyclic amines) is 1. The quantitative estimate of drug-likeness (QED) is 0.647. The third-order valence-electron chi connectivity index (χ3n) is 5.90. The molecule has 1 aliphatic carbocycles. The molecule has 1 saturated heterocycles. The van der Waals surface area contributed by atoms with Gasteiger partial charge in [0.1, 0.15) is 0 Å². The Morgan fingerprint density at radius 2 is 1.84 bits per heavy atom. The van der Waals surface area contributed by atoms with Gasteiger partial charge in [-0.3, -0.25) is 19.7 Å². The molecule has 0 bridgehead atoms. The molecule has 1 heterocycles. The summed E-state index contributed by atoms with van der Waals surface area (Å²) in [6, 6.07) is 9.34. The summed E-state index contributed by atoms with van der Waals surface area (Å²) in [5.74, 6) is -1.96. The highest BCUT2D eigenvalue weighted by atomic mass is 16.5. The molecule has 0 radical (unpaired) electrons. The van der Waals surface area contributed by atoms with Gasteiger partial charge in [-0.1, -0.05) is 49.6 Å². The number of hydrogen-bond donors (Lipinski definition) is 2. The summed E-state index contributed by atoms with van der Waals surface area (Å²) in [6.07, 6.45) is 4.78. The van der Waals surface area contributed by atoms with Crippen LogP contribution in [-0.2, 0) is 25.5 Å². The molecule has 3 rings (SSSR count). The summed E-state index contributed by atoms with van der Waals surface area (Å²) in [5.41, 5.74) is 1.12. The summed E-state index contributed by atoms with van der Waals surface area (Å²) in [7, 11) is 0. The van der Waals surface area contributed by atoms with E-state index in [9.17, 15) is 19.2 Å². The van der Waals surface area contributed by atoms with Crippen molar-refractivity contribution < 1.29 is 23.9 Å². The minimum atomic E-state index is -1.11. The number of amides is 4. The van der Waals surface area contributed by atoms with Gasteiger partial charge in [-0.05, 0) is 31.7 Å².